The van der Waals surface area contributed by atoms with Gasteiger partial charge in [-0.1, -0.05) is 35.3 Å². The molecule has 0 saturated heterocycles. The SMILES string of the molecule is NS(=O)(=O)c1ccccc1Oc1ccc(Cl)cc1Cl. The topological polar surface area (TPSA) is 69.4 Å². The van der Waals surface area contributed by atoms with Gasteiger partial charge < -0.3 is 4.74 Å². The van der Waals surface area contributed by atoms with Crippen LogP contribution in [-0.2, 0) is 10.0 Å². The Hall–Kier alpha value is -1.27. The van der Waals surface area contributed by atoms with Gasteiger partial charge in [-0.3, -0.25) is 0 Å². The number of hydrogen-bond acceptors (Lipinski definition) is 3. The molecule has 0 saturated carbocycles. The molecule has 0 aliphatic rings. The zero-order chi connectivity index (χ0) is 14.0. The van der Waals surface area contributed by atoms with Crippen LogP contribution in [0.1, 0.15) is 0 Å². The molecule has 0 fully saturated rings. The smallest absolute Gasteiger partial charge is 0.241 e. The van der Waals surface area contributed by atoms with Crippen molar-refractivity contribution in [2.24, 2.45) is 5.14 Å². The number of primary sulfonamides is 1. The largest absolute Gasteiger partial charge is 0.454 e. The molecule has 0 spiro atoms. The van der Waals surface area contributed by atoms with E-state index in [1.54, 1.807) is 24.3 Å². The van der Waals surface area contributed by atoms with Crippen molar-refractivity contribution in [3.8, 4) is 11.5 Å². The lowest BCUT2D eigenvalue weighted by atomic mass is 10.3. The average molecular weight is 318 g/mol. The van der Waals surface area contributed by atoms with Crippen molar-refractivity contribution in [3.05, 3.63) is 52.5 Å². The summed E-state index contributed by atoms with van der Waals surface area (Å²) in [5.41, 5.74) is 0. The molecule has 0 aliphatic heterocycles. The van der Waals surface area contributed by atoms with Crippen molar-refractivity contribution in [2.45, 2.75) is 4.90 Å². The van der Waals surface area contributed by atoms with Gasteiger partial charge in [0.2, 0.25) is 10.0 Å². The van der Waals surface area contributed by atoms with Crippen molar-refractivity contribution in [1.82, 2.24) is 0 Å². The summed E-state index contributed by atoms with van der Waals surface area (Å²) in [6, 6.07) is 10.7. The zero-order valence-electron chi connectivity index (χ0n) is 9.51. The van der Waals surface area contributed by atoms with Gasteiger partial charge in [-0.05, 0) is 30.3 Å². The van der Waals surface area contributed by atoms with Crippen LogP contribution in [0.2, 0.25) is 10.0 Å². The lowest BCUT2D eigenvalue weighted by molar-refractivity contribution is 0.468. The number of nitrogens with two attached hydrogens (primary N) is 1. The molecule has 100 valence electrons. The number of benzene rings is 2. The van der Waals surface area contributed by atoms with Gasteiger partial charge in [0.05, 0.1) is 5.02 Å². The lowest BCUT2D eigenvalue weighted by Gasteiger charge is -2.10. The number of ether oxygens (including phenoxy) is 1. The first-order chi connectivity index (χ1) is 8.88. The number of para-hydroxylation sites is 1. The summed E-state index contributed by atoms with van der Waals surface area (Å²) in [5, 5.41) is 5.84. The van der Waals surface area contributed by atoms with E-state index in [0.717, 1.165) is 0 Å². The molecule has 0 radical (unpaired) electrons. The van der Waals surface area contributed by atoms with Gasteiger partial charge in [0.1, 0.15) is 16.4 Å². The molecule has 0 aromatic heterocycles. The Morgan fingerprint density at radius 2 is 1.68 bits per heavy atom. The van der Waals surface area contributed by atoms with E-state index in [1.165, 1.54) is 18.2 Å². The van der Waals surface area contributed by atoms with Crippen LogP contribution in [0.25, 0.3) is 0 Å². The van der Waals surface area contributed by atoms with E-state index < -0.39 is 10.0 Å². The molecule has 0 unspecified atom stereocenters. The van der Waals surface area contributed by atoms with Crippen molar-refractivity contribution in [1.29, 1.82) is 0 Å². The third-order valence-corrected chi connectivity index (χ3v) is 3.75. The highest BCUT2D eigenvalue weighted by atomic mass is 35.5. The maximum absolute atomic E-state index is 11.4. The Morgan fingerprint density at radius 1 is 1.00 bits per heavy atom. The Kier molecular flexibility index (Phi) is 4.01. The molecule has 2 aromatic carbocycles. The maximum atomic E-state index is 11.4. The highest BCUT2D eigenvalue weighted by Crippen LogP contribution is 2.34. The second-order valence-corrected chi connectivity index (χ2v) is 6.04. The van der Waals surface area contributed by atoms with E-state index in [-0.39, 0.29) is 15.7 Å². The molecule has 2 rings (SSSR count). The fourth-order valence-electron chi connectivity index (χ4n) is 1.45. The van der Waals surface area contributed by atoms with Crippen LogP contribution in [0.15, 0.2) is 47.4 Å². The Bertz CT molecular complexity index is 717. The normalized spacial score (nSPS) is 11.3. The summed E-state index contributed by atoms with van der Waals surface area (Å²) >= 11 is 11.7. The minimum Gasteiger partial charge on any atom is -0.454 e. The Morgan fingerprint density at radius 3 is 2.32 bits per heavy atom. The van der Waals surface area contributed by atoms with Crippen LogP contribution < -0.4 is 9.88 Å². The van der Waals surface area contributed by atoms with Crippen molar-refractivity contribution >= 4 is 33.2 Å². The van der Waals surface area contributed by atoms with Crippen LogP contribution in [0.3, 0.4) is 0 Å². The zero-order valence-corrected chi connectivity index (χ0v) is 11.8. The van der Waals surface area contributed by atoms with Crippen LogP contribution in [0.4, 0.5) is 0 Å². The number of halogens is 2. The lowest BCUT2D eigenvalue weighted by Crippen LogP contribution is -2.13. The number of hydrogen-bond donors (Lipinski definition) is 1. The van der Waals surface area contributed by atoms with E-state index in [2.05, 4.69) is 0 Å². The van der Waals surface area contributed by atoms with Crippen molar-refractivity contribution in [2.75, 3.05) is 0 Å². The Balaban J connectivity index is 2.44. The van der Waals surface area contributed by atoms with Crippen LogP contribution >= 0.6 is 23.2 Å². The van der Waals surface area contributed by atoms with Gasteiger partial charge in [-0.25, -0.2) is 13.6 Å². The van der Waals surface area contributed by atoms with E-state index in [9.17, 15) is 8.42 Å². The number of rotatable bonds is 3. The molecule has 0 aliphatic carbocycles. The predicted molar refractivity (Wildman–Crippen MR) is 74.4 cm³/mol. The second-order valence-electron chi connectivity index (χ2n) is 3.67. The van der Waals surface area contributed by atoms with Gasteiger partial charge in [-0.15, -0.1) is 0 Å². The van der Waals surface area contributed by atoms with Crippen LogP contribution in [0, 0.1) is 0 Å². The maximum Gasteiger partial charge on any atom is 0.241 e. The number of sulfonamides is 1. The summed E-state index contributed by atoms with van der Waals surface area (Å²) in [6.07, 6.45) is 0. The molecular weight excluding hydrogens is 309 g/mol. The van der Waals surface area contributed by atoms with Gasteiger partial charge in [0.25, 0.3) is 0 Å². The first-order valence-corrected chi connectivity index (χ1v) is 7.43. The highest BCUT2D eigenvalue weighted by Gasteiger charge is 2.15. The molecule has 7 heteroatoms. The second kappa shape index (κ2) is 5.38. The first-order valence-electron chi connectivity index (χ1n) is 5.12. The quantitative estimate of drug-likeness (QED) is 0.942. The van der Waals surface area contributed by atoms with Crippen molar-refractivity contribution < 1.29 is 13.2 Å². The van der Waals surface area contributed by atoms with Gasteiger partial charge in [-0.2, -0.15) is 0 Å². The molecule has 2 N–H and O–H groups in total. The third kappa shape index (κ3) is 3.39. The monoisotopic (exact) mass is 317 g/mol. The van der Waals surface area contributed by atoms with Crippen LogP contribution in [0.5, 0.6) is 11.5 Å². The van der Waals surface area contributed by atoms with E-state index in [0.29, 0.717) is 10.8 Å². The molecular formula is C12H9Cl2NO3S. The molecule has 0 atom stereocenters. The summed E-state index contributed by atoms with van der Waals surface area (Å²) < 4.78 is 28.3. The molecule has 0 amide bonds. The van der Waals surface area contributed by atoms with E-state index in [4.69, 9.17) is 33.1 Å². The van der Waals surface area contributed by atoms with Gasteiger partial charge in [0, 0.05) is 5.02 Å². The molecule has 0 bridgehead atoms. The summed E-state index contributed by atoms with van der Waals surface area (Å²) in [5.74, 6) is 0.399. The third-order valence-electron chi connectivity index (χ3n) is 2.27. The molecule has 2 aromatic rings. The van der Waals surface area contributed by atoms with E-state index >= 15 is 0 Å². The first kappa shape index (κ1) is 14.1. The van der Waals surface area contributed by atoms with Crippen molar-refractivity contribution in [3.63, 3.8) is 0 Å². The summed E-state index contributed by atoms with van der Waals surface area (Å²) in [7, 11) is -3.87. The van der Waals surface area contributed by atoms with Gasteiger partial charge >= 0.3 is 0 Å². The molecule has 0 heterocycles. The summed E-state index contributed by atoms with van der Waals surface area (Å²) in [6.45, 7) is 0. The standard InChI is InChI=1S/C12H9Cl2NO3S/c13-8-5-6-10(9(14)7-8)18-11-3-1-2-4-12(11)19(15,16)17/h1-7H,(H2,15,16,17). The Labute approximate surface area is 120 Å². The highest BCUT2D eigenvalue weighted by molar-refractivity contribution is 7.89. The minimum atomic E-state index is -3.87. The van der Waals surface area contributed by atoms with E-state index in [1.807, 2.05) is 0 Å². The fourth-order valence-corrected chi connectivity index (χ4v) is 2.55. The van der Waals surface area contributed by atoms with Crippen LogP contribution in [-0.4, -0.2) is 8.42 Å². The molecule has 4 nitrogen and oxygen atoms in total. The fraction of sp³-hybridized carbons (Fsp3) is 0. The minimum absolute atomic E-state index is 0.106. The average Bonchev–Trinajstić information content (AvgIpc) is 2.32. The predicted octanol–water partition coefficient (Wildman–Crippen LogP) is 3.43. The van der Waals surface area contributed by atoms with Gasteiger partial charge in [0.15, 0.2) is 0 Å². The molecule has 19 heavy (non-hydrogen) atoms. The summed E-state index contributed by atoms with van der Waals surface area (Å²) in [4.78, 5) is -0.110.